The number of para-hydroxylation sites is 2. The van der Waals surface area contributed by atoms with Crippen molar-refractivity contribution >= 4 is 25.9 Å². The molecule has 0 spiro atoms. The normalized spacial score (nSPS) is 12.6. The van der Waals surface area contributed by atoms with Crippen LogP contribution in [0.2, 0.25) is 0 Å². The van der Waals surface area contributed by atoms with Crippen LogP contribution in [-0.4, -0.2) is 24.5 Å². The van der Waals surface area contributed by atoms with Gasteiger partial charge in [-0.2, -0.15) is 0 Å². The Bertz CT molecular complexity index is 1030. The van der Waals surface area contributed by atoms with Crippen molar-refractivity contribution in [1.82, 2.24) is 9.97 Å². The van der Waals surface area contributed by atoms with Gasteiger partial charge >= 0.3 is 152 Å². The van der Waals surface area contributed by atoms with Crippen molar-refractivity contribution < 1.29 is 0 Å². The Morgan fingerprint density at radius 1 is 0.880 bits per heavy atom. The van der Waals surface area contributed by atoms with E-state index in [9.17, 15) is 0 Å². The molecule has 120 valence electrons. The molecule has 0 saturated carbocycles. The molecule has 4 aromatic rings. The molecule has 0 amide bonds. The molecule has 0 radical (unpaired) electrons. The number of anilines is 2. The van der Waals surface area contributed by atoms with Crippen molar-refractivity contribution in [1.29, 1.82) is 0 Å². The second kappa shape index (κ2) is 5.99. The summed E-state index contributed by atoms with van der Waals surface area (Å²) in [7, 11) is 0. The van der Waals surface area contributed by atoms with E-state index in [4.69, 9.17) is 4.98 Å². The van der Waals surface area contributed by atoms with Crippen LogP contribution >= 0.6 is 0 Å². The molecule has 25 heavy (non-hydrogen) atoms. The van der Waals surface area contributed by atoms with Gasteiger partial charge in [-0.3, -0.25) is 0 Å². The van der Waals surface area contributed by atoms with Crippen LogP contribution in [0.25, 0.3) is 21.4 Å². The number of nitrogens with zero attached hydrogens (tertiary/aromatic N) is 3. The molecule has 0 atom stereocenters. The van der Waals surface area contributed by atoms with Crippen molar-refractivity contribution in [2.75, 3.05) is 4.90 Å². The average Bonchev–Trinajstić information content (AvgIpc) is 3.13. The van der Waals surface area contributed by atoms with Crippen LogP contribution < -0.4 is 4.90 Å². The van der Waals surface area contributed by atoms with Crippen molar-refractivity contribution in [2.45, 2.75) is 6.54 Å². The zero-order chi connectivity index (χ0) is 16.6. The number of hydrogen-bond donors (Lipinski definition) is 0. The van der Waals surface area contributed by atoms with Crippen LogP contribution in [0.1, 0.15) is 4.44 Å². The van der Waals surface area contributed by atoms with Crippen molar-refractivity contribution in [3.63, 3.8) is 0 Å². The summed E-state index contributed by atoms with van der Waals surface area (Å²) >= 11 is 0.235. The second-order valence-corrected chi connectivity index (χ2v) is 8.24. The van der Waals surface area contributed by atoms with E-state index >= 15 is 0 Å². The van der Waals surface area contributed by atoms with E-state index < -0.39 is 0 Å². The van der Waals surface area contributed by atoms with Crippen LogP contribution in [0, 0.1) is 0 Å². The molecule has 0 unspecified atom stereocenters. The van der Waals surface area contributed by atoms with Crippen molar-refractivity contribution in [3.05, 3.63) is 83.6 Å². The van der Waals surface area contributed by atoms with Gasteiger partial charge in [0.05, 0.1) is 0 Å². The molecule has 1 aliphatic heterocycles. The Kier molecular flexibility index (Phi) is 3.51. The summed E-state index contributed by atoms with van der Waals surface area (Å²) in [5.74, 6) is 0. The van der Waals surface area contributed by atoms with E-state index in [1.165, 1.54) is 31.6 Å². The Hall–Kier alpha value is -2.68. The van der Waals surface area contributed by atoms with Gasteiger partial charge in [-0.15, -0.1) is 0 Å². The molecule has 2 aromatic carbocycles. The number of pyridine rings is 1. The summed E-state index contributed by atoms with van der Waals surface area (Å²) in [5.41, 5.74) is 6.00. The topological polar surface area (TPSA) is 29.0 Å². The predicted molar refractivity (Wildman–Crippen MR) is 102 cm³/mol. The maximum absolute atomic E-state index is 5.01. The summed E-state index contributed by atoms with van der Waals surface area (Å²) in [4.78, 5) is 11.7. The predicted octanol–water partition coefficient (Wildman–Crippen LogP) is 4.52. The van der Waals surface area contributed by atoms with E-state index in [-0.39, 0.29) is 14.5 Å². The molecule has 0 bridgehead atoms. The molecule has 3 heterocycles. The van der Waals surface area contributed by atoms with Gasteiger partial charge in [0, 0.05) is 0 Å². The molecule has 2 aromatic heterocycles. The third kappa shape index (κ3) is 2.51. The molecule has 3 nitrogen and oxygen atoms in total. The van der Waals surface area contributed by atoms with Crippen LogP contribution in [0.4, 0.5) is 11.4 Å². The van der Waals surface area contributed by atoms with Gasteiger partial charge in [-0.25, -0.2) is 0 Å². The molecule has 0 N–H and O–H groups in total. The summed E-state index contributed by atoms with van der Waals surface area (Å²) in [6, 6.07) is 23.3. The summed E-state index contributed by atoms with van der Waals surface area (Å²) in [5, 5.41) is 0. The fourth-order valence-electron chi connectivity index (χ4n) is 3.26. The Morgan fingerprint density at radius 3 is 2.56 bits per heavy atom. The van der Waals surface area contributed by atoms with Gasteiger partial charge in [0.2, 0.25) is 0 Å². The molecule has 0 aliphatic carbocycles. The van der Waals surface area contributed by atoms with Gasteiger partial charge in [0.15, 0.2) is 0 Å². The first kappa shape index (κ1) is 14.6. The van der Waals surface area contributed by atoms with Gasteiger partial charge < -0.3 is 0 Å². The second-order valence-electron chi connectivity index (χ2n) is 5.97. The number of benzene rings is 2. The molecule has 4 heteroatoms. The van der Waals surface area contributed by atoms with Crippen LogP contribution in [0.3, 0.4) is 0 Å². The third-order valence-corrected chi connectivity index (χ3v) is 6.71. The van der Waals surface area contributed by atoms with E-state index in [2.05, 4.69) is 70.5 Å². The standard InChI is InChI=1S/C21H15N3Se/c1-2-8-16(9-3-1)24-14-19-20(17-10-4-5-11-18(17)24)23-21(25-19)15-7-6-12-22-13-15/h1-13H,14H2. The number of fused-ring (bicyclic) bond motifs is 3. The third-order valence-electron chi connectivity index (χ3n) is 4.43. The van der Waals surface area contributed by atoms with E-state index in [1.807, 2.05) is 18.5 Å². The summed E-state index contributed by atoms with van der Waals surface area (Å²) in [6.45, 7) is 0.906. The zero-order valence-corrected chi connectivity index (χ0v) is 15.2. The number of aromatic nitrogens is 2. The van der Waals surface area contributed by atoms with E-state index in [0.717, 1.165) is 12.1 Å². The van der Waals surface area contributed by atoms with Gasteiger partial charge in [-0.05, 0) is 0 Å². The fraction of sp³-hybridized carbons (Fsp3) is 0.0476. The monoisotopic (exact) mass is 389 g/mol. The minimum absolute atomic E-state index is 0.235. The molecular weight excluding hydrogens is 373 g/mol. The zero-order valence-electron chi connectivity index (χ0n) is 13.5. The average molecular weight is 388 g/mol. The molecule has 5 rings (SSSR count). The van der Waals surface area contributed by atoms with E-state index in [1.54, 1.807) is 0 Å². The summed E-state index contributed by atoms with van der Waals surface area (Å²) < 4.78 is 2.62. The van der Waals surface area contributed by atoms with Crippen molar-refractivity contribution in [3.8, 4) is 21.4 Å². The van der Waals surface area contributed by atoms with Crippen LogP contribution in [-0.2, 0) is 6.54 Å². The fourth-order valence-corrected chi connectivity index (χ4v) is 5.47. The Balaban J connectivity index is 1.67. The Labute approximate surface area is 152 Å². The van der Waals surface area contributed by atoms with Gasteiger partial charge in [0.25, 0.3) is 0 Å². The maximum atomic E-state index is 5.01. The first-order valence-electron chi connectivity index (χ1n) is 8.22. The van der Waals surface area contributed by atoms with Crippen molar-refractivity contribution in [2.24, 2.45) is 0 Å². The van der Waals surface area contributed by atoms with E-state index in [0.29, 0.717) is 0 Å². The van der Waals surface area contributed by atoms with Crippen LogP contribution in [0.5, 0.6) is 0 Å². The molecular formula is C21H15N3Se. The summed E-state index contributed by atoms with van der Waals surface area (Å²) in [6.07, 6.45) is 3.73. The Morgan fingerprint density at radius 2 is 1.72 bits per heavy atom. The van der Waals surface area contributed by atoms with Gasteiger partial charge in [-0.1, -0.05) is 0 Å². The first-order chi connectivity index (χ1) is 12.4. The SMILES string of the molecule is c1ccc(N2Cc3[se]c(-c4cccnc4)nc3-c3ccccc32)cc1. The quantitative estimate of drug-likeness (QED) is 0.473. The first-order valence-corrected chi connectivity index (χ1v) is 9.93. The van der Waals surface area contributed by atoms with Crippen LogP contribution in [0.15, 0.2) is 79.1 Å². The molecule has 1 aliphatic rings. The van der Waals surface area contributed by atoms with Gasteiger partial charge in [0.1, 0.15) is 0 Å². The molecule has 0 saturated heterocycles. The minimum atomic E-state index is 0.235. The molecule has 0 fully saturated rings. The number of hydrogen-bond acceptors (Lipinski definition) is 3. The number of rotatable bonds is 2.